The van der Waals surface area contributed by atoms with Crippen LogP contribution in [-0.4, -0.2) is 58.6 Å². The van der Waals surface area contributed by atoms with Crippen molar-refractivity contribution in [1.82, 2.24) is 15.5 Å². The number of carbonyl (C=O) groups is 4. The zero-order chi connectivity index (χ0) is 36.1. The molecule has 48 heavy (non-hydrogen) atoms. The Morgan fingerprint density at radius 3 is 1.90 bits per heavy atom. The van der Waals surface area contributed by atoms with Crippen LogP contribution < -0.4 is 10.6 Å². The minimum Gasteiger partial charge on any atom is -0.458 e. The molecule has 9 nitrogen and oxygen atoms in total. The van der Waals surface area contributed by atoms with Gasteiger partial charge in [0, 0.05) is 13.0 Å². The number of aryl methyl sites for hydroxylation is 1. The van der Waals surface area contributed by atoms with Gasteiger partial charge in [-0.05, 0) is 77.0 Å². The number of hydrogen-bond donors (Lipinski definition) is 2. The lowest BCUT2D eigenvalue weighted by atomic mass is 9.94. The first-order valence-corrected chi connectivity index (χ1v) is 17.5. The molecule has 0 saturated heterocycles. The Labute approximate surface area is 288 Å². The number of alkyl carbamates (subject to hydrolysis) is 1. The molecule has 266 valence electrons. The summed E-state index contributed by atoms with van der Waals surface area (Å²) in [5, 5.41) is 5.79. The summed E-state index contributed by atoms with van der Waals surface area (Å²) >= 11 is 0. The van der Waals surface area contributed by atoms with E-state index in [1.54, 1.807) is 46.4 Å². The first kappa shape index (κ1) is 40.3. The number of amides is 3. The molecule has 0 radical (unpaired) electrons. The minimum absolute atomic E-state index is 0.211. The van der Waals surface area contributed by atoms with Crippen LogP contribution in [0, 0.1) is 5.92 Å². The number of nitrogens with zero attached hydrogens (tertiary/aromatic N) is 1. The van der Waals surface area contributed by atoms with Gasteiger partial charge in [-0.2, -0.15) is 0 Å². The molecular weight excluding hydrogens is 606 g/mol. The van der Waals surface area contributed by atoms with Gasteiger partial charge in [0.15, 0.2) is 0 Å². The molecule has 0 spiro atoms. The highest BCUT2D eigenvalue weighted by Crippen LogP contribution is 2.27. The number of benzene rings is 2. The van der Waals surface area contributed by atoms with Crippen molar-refractivity contribution in [2.45, 2.75) is 137 Å². The van der Waals surface area contributed by atoms with Crippen molar-refractivity contribution < 1.29 is 28.7 Å². The quantitative estimate of drug-likeness (QED) is 0.144. The normalized spacial score (nSPS) is 14.2. The van der Waals surface area contributed by atoms with Crippen molar-refractivity contribution >= 4 is 23.9 Å². The summed E-state index contributed by atoms with van der Waals surface area (Å²) in [6.07, 6.45) is 3.33. The largest absolute Gasteiger partial charge is 0.458 e. The van der Waals surface area contributed by atoms with Gasteiger partial charge < -0.3 is 25.0 Å². The molecule has 0 saturated carbocycles. The van der Waals surface area contributed by atoms with Crippen LogP contribution in [0.15, 0.2) is 54.6 Å². The monoisotopic (exact) mass is 665 g/mol. The third kappa shape index (κ3) is 13.3. The number of esters is 1. The first-order valence-electron chi connectivity index (χ1n) is 17.5. The van der Waals surface area contributed by atoms with Crippen LogP contribution in [0.3, 0.4) is 0 Å². The molecule has 4 unspecified atom stereocenters. The molecule has 0 fully saturated rings. The van der Waals surface area contributed by atoms with Crippen LogP contribution in [0.1, 0.15) is 118 Å². The van der Waals surface area contributed by atoms with Crippen LogP contribution in [0.25, 0.3) is 0 Å². The summed E-state index contributed by atoms with van der Waals surface area (Å²) in [5.41, 5.74) is 1.02. The van der Waals surface area contributed by atoms with Crippen LogP contribution in [-0.2, 0) is 36.7 Å². The lowest BCUT2D eigenvalue weighted by Crippen LogP contribution is -2.56. The average molecular weight is 666 g/mol. The topological polar surface area (TPSA) is 114 Å². The van der Waals surface area contributed by atoms with E-state index in [0.29, 0.717) is 18.4 Å². The Balaban J connectivity index is 2.66. The fourth-order valence-electron chi connectivity index (χ4n) is 5.27. The summed E-state index contributed by atoms with van der Waals surface area (Å²) in [4.78, 5) is 57.4. The number of nitrogens with one attached hydrogen (secondary N) is 2. The van der Waals surface area contributed by atoms with Crippen molar-refractivity contribution in [3.05, 3.63) is 71.3 Å². The zero-order valence-electron chi connectivity index (χ0n) is 30.9. The first-order chi connectivity index (χ1) is 22.5. The van der Waals surface area contributed by atoms with Crippen molar-refractivity contribution in [3.8, 4) is 0 Å². The molecule has 0 aliphatic rings. The molecule has 3 amide bonds. The Morgan fingerprint density at radius 2 is 1.38 bits per heavy atom. The van der Waals surface area contributed by atoms with Gasteiger partial charge in [0.1, 0.15) is 29.3 Å². The molecule has 0 aromatic heterocycles. The number of ether oxygens (including phenoxy) is 2. The van der Waals surface area contributed by atoms with E-state index in [0.717, 1.165) is 30.4 Å². The van der Waals surface area contributed by atoms with E-state index in [4.69, 9.17) is 9.47 Å². The Hall–Kier alpha value is -3.88. The van der Waals surface area contributed by atoms with Gasteiger partial charge in [-0.25, -0.2) is 9.59 Å². The van der Waals surface area contributed by atoms with Gasteiger partial charge in [0.05, 0.1) is 0 Å². The maximum atomic E-state index is 14.7. The van der Waals surface area contributed by atoms with Crippen LogP contribution in [0.2, 0.25) is 0 Å². The van der Waals surface area contributed by atoms with Crippen LogP contribution >= 0.6 is 0 Å². The molecular formula is C39H59N3O6. The fourth-order valence-corrected chi connectivity index (χ4v) is 5.27. The number of carbonyl (C=O) groups excluding carboxylic acids is 4. The molecule has 0 aliphatic heterocycles. The summed E-state index contributed by atoms with van der Waals surface area (Å²) in [6.45, 7) is 18.9. The molecule has 9 heteroatoms. The summed E-state index contributed by atoms with van der Waals surface area (Å²) in [7, 11) is 0. The summed E-state index contributed by atoms with van der Waals surface area (Å²) in [5.74, 6) is -1.70. The molecule has 2 aromatic rings. The highest BCUT2D eigenvalue weighted by atomic mass is 16.6. The smallest absolute Gasteiger partial charge is 0.408 e. The van der Waals surface area contributed by atoms with Crippen molar-refractivity contribution in [2.75, 3.05) is 6.54 Å². The van der Waals surface area contributed by atoms with Gasteiger partial charge in [0.25, 0.3) is 0 Å². The predicted octanol–water partition coefficient (Wildman–Crippen LogP) is 7.32. The van der Waals surface area contributed by atoms with Crippen molar-refractivity contribution in [3.63, 3.8) is 0 Å². The minimum atomic E-state index is -1.08. The van der Waals surface area contributed by atoms with Crippen molar-refractivity contribution in [2.24, 2.45) is 5.92 Å². The van der Waals surface area contributed by atoms with Gasteiger partial charge >= 0.3 is 12.1 Å². The SMILES string of the molecule is CCCCCN(C(=O)C(NC(=O)OC(C)(C)C)C(C)CC)C(C(=O)NC(Cc1ccccc1)C(=O)OC(C)(C)C)c1ccc(CC)cc1. The molecule has 2 rings (SSSR count). The van der Waals surface area contributed by atoms with E-state index in [9.17, 15) is 19.2 Å². The highest BCUT2D eigenvalue weighted by molar-refractivity contribution is 5.94. The Kier molecular flexibility index (Phi) is 15.6. The van der Waals surface area contributed by atoms with Crippen LogP contribution in [0.5, 0.6) is 0 Å². The highest BCUT2D eigenvalue weighted by Gasteiger charge is 2.39. The molecule has 0 bridgehead atoms. The van der Waals surface area contributed by atoms with Gasteiger partial charge in [0.2, 0.25) is 11.8 Å². The molecule has 0 heterocycles. The fraction of sp³-hybridized carbons (Fsp3) is 0.590. The van der Waals surface area contributed by atoms with Gasteiger partial charge in [-0.1, -0.05) is 102 Å². The maximum absolute atomic E-state index is 14.7. The molecule has 0 aliphatic carbocycles. The van der Waals surface area contributed by atoms with Gasteiger partial charge in [-0.3, -0.25) is 9.59 Å². The van der Waals surface area contributed by atoms with E-state index in [1.165, 1.54) is 0 Å². The van der Waals surface area contributed by atoms with E-state index in [1.807, 2.05) is 75.4 Å². The van der Waals surface area contributed by atoms with Gasteiger partial charge in [-0.15, -0.1) is 0 Å². The standard InChI is InChI=1S/C39H59N3O6/c1-11-14-18-25-42(35(44)32(27(4)12-2)41-37(46)48-39(8,9)10)33(30-23-21-28(13-3)22-24-30)34(43)40-31(36(45)47-38(5,6)7)26-29-19-16-15-17-20-29/h15-17,19-24,27,31-33H,11-14,18,25-26H2,1-10H3,(H,40,43)(H,41,46). The van der Waals surface area contributed by atoms with E-state index < -0.39 is 47.3 Å². The maximum Gasteiger partial charge on any atom is 0.408 e. The van der Waals surface area contributed by atoms with Crippen LogP contribution in [0.4, 0.5) is 4.79 Å². The van der Waals surface area contributed by atoms with E-state index in [-0.39, 0.29) is 24.8 Å². The van der Waals surface area contributed by atoms with Crippen molar-refractivity contribution in [1.29, 1.82) is 0 Å². The van der Waals surface area contributed by atoms with E-state index >= 15 is 0 Å². The zero-order valence-corrected chi connectivity index (χ0v) is 30.9. The lowest BCUT2D eigenvalue weighted by Gasteiger charge is -2.37. The average Bonchev–Trinajstić information content (AvgIpc) is 3.01. The third-order valence-electron chi connectivity index (χ3n) is 7.99. The summed E-state index contributed by atoms with van der Waals surface area (Å²) < 4.78 is 11.3. The summed E-state index contributed by atoms with van der Waals surface area (Å²) in [6, 6.07) is 14.0. The second-order valence-electron chi connectivity index (χ2n) is 14.5. The second kappa shape index (κ2) is 18.6. The number of unbranched alkanes of at least 4 members (excludes halogenated alkanes) is 2. The predicted molar refractivity (Wildman–Crippen MR) is 190 cm³/mol. The lowest BCUT2D eigenvalue weighted by molar-refractivity contribution is -0.159. The second-order valence-corrected chi connectivity index (χ2v) is 14.5. The number of hydrogen-bond acceptors (Lipinski definition) is 6. The third-order valence-corrected chi connectivity index (χ3v) is 7.99. The Bertz CT molecular complexity index is 1310. The molecule has 2 aromatic carbocycles. The number of rotatable bonds is 16. The molecule has 2 N–H and O–H groups in total. The van der Waals surface area contributed by atoms with E-state index in [2.05, 4.69) is 17.6 Å². The Morgan fingerprint density at radius 1 is 0.771 bits per heavy atom. The molecule has 4 atom stereocenters.